The first-order valence-electron chi connectivity index (χ1n) is 6.12. The van der Waals surface area contributed by atoms with E-state index in [2.05, 4.69) is 10.3 Å². The molecule has 0 atom stereocenters. The van der Waals surface area contributed by atoms with E-state index < -0.39 is 11.5 Å². The van der Waals surface area contributed by atoms with E-state index in [1.165, 1.54) is 17.6 Å². The molecule has 0 spiro atoms. The lowest BCUT2D eigenvalue weighted by molar-refractivity contribution is -0.143. The molecule has 0 aliphatic heterocycles. The van der Waals surface area contributed by atoms with Gasteiger partial charge >= 0.3 is 5.97 Å². The molecule has 0 aromatic carbocycles. The van der Waals surface area contributed by atoms with E-state index in [1.54, 1.807) is 0 Å². The molecule has 1 aliphatic rings. The largest absolute Gasteiger partial charge is 0.480 e. The molecule has 6 nitrogen and oxygen atoms in total. The van der Waals surface area contributed by atoms with E-state index in [0.29, 0.717) is 24.4 Å². The molecule has 1 aliphatic carbocycles. The first kappa shape index (κ1) is 12.9. The fourth-order valence-electron chi connectivity index (χ4n) is 1.89. The summed E-state index contributed by atoms with van der Waals surface area (Å²) in [5.74, 6) is -0.858. The Morgan fingerprint density at radius 1 is 1.50 bits per heavy atom. The summed E-state index contributed by atoms with van der Waals surface area (Å²) >= 11 is 1.50. The normalized spacial score (nSPS) is 15.8. The van der Waals surface area contributed by atoms with Gasteiger partial charge in [-0.1, -0.05) is 6.07 Å². The standard InChI is InChI=1S/C13H12N2O4S/c16-10(15-13(3-4-13)12(17)18)6-8-7-19-11(14-8)9-2-1-5-20-9/h1-2,5,7H,3-4,6H2,(H,15,16)(H,17,18). The summed E-state index contributed by atoms with van der Waals surface area (Å²) in [6.07, 6.45) is 2.40. The molecule has 7 heteroatoms. The third-order valence-corrected chi connectivity index (χ3v) is 4.02. The summed E-state index contributed by atoms with van der Waals surface area (Å²) in [5.41, 5.74) is -0.565. The third-order valence-electron chi connectivity index (χ3n) is 3.16. The molecule has 2 N–H and O–H groups in total. The second-order valence-corrected chi connectivity index (χ2v) is 5.68. The average molecular weight is 292 g/mol. The number of nitrogens with one attached hydrogen (secondary N) is 1. The Labute approximate surface area is 118 Å². The highest BCUT2D eigenvalue weighted by Crippen LogP contribution is 2.35. The molecule has 2 aromatic rings. The van der Waals surface area contributed by atoms with Gasteiger partial charge in [0, 0.05) is 0 Å². The maximum atomic E-state index is 11.8. The highest BCUT2D eigenvalue weighted by atomic mass is 32.1. The minimum Gasteiger partial charge on any atom is -0.480 e. The van der Waals surface area contributed by atoms with Crippen LogP contribution in [-0.4, -0.2) is 27.5 Å². The van der Waals surface area contributed by atoms with Crippen LogP contribution in [0.25, 0.3) is 10.8 Å². The van der Waals surface area contributed by atoms with Gasteiger partial charge in [-0.3, -0.25) is 4.79 Å². The summed E-state index contributed by atoms with van der Waals surface area (Å²) in [7, 11) is 0. The Kier molecular flexibility index (Phi) is 3.06. The van der Waals surface area contributed by atoms with E-state index in [9.17, 15) is 9.59 Å². The predicted molar refractivity (Wildman–Crippen MR) is 71.3 cm³/mol. The van der Waals surface area contributed by atoms with Crippen molar-refractivity contribution in [1.82, 2.24) is 10.3 Å². The molecule has 104 valence electrons. The number of nitrogens with zero attached hydrogens (tertiary/aromatic N) is 1. The van der Waals surface area contributed by atoms with Gasteiger partial charge in [0.1, 0.15) is 11.8 Å². The van der Waals surface area contributed by atoms with Gasteiger partial charge in [0.25, 0.3) is 0 Å². The fraction of sp³-hybridized carbons (Fsp3) is 0.308. The number of carbonyl (C=O) groups excluding carboxylic acids is 1. The quantitative estimate of drug-likeness (QED) is 0.874. The van der Waals surface area contributed by atoms with E-state index in [4.69, 9.17) is 9.52 Å². The Hall–Kier alpha value is -2.15. The van der Waals surface area contributed by atoms with Gasteiger partial charge in [0.15, 0.2) is 0 Å². The third kappa shape index (κ3) is 2.44. The lowest BCUT2D eigenvalue weighted by atomic mass is 10.2. The maximum Gasteiger partial charge on any atom is 0.329 e. The highest BCUT2D eigenvalue weighted by molar-refractivity contribution is 7.13. The Bertz CT molecular complexity index is 643. The smallest absolute Gasteiger partial charge is 0.329 e. The maximum absolute atomic E-state index is 11.8. The number of rotatable bonds is 5. The van der Waals surface area contributed by atoms with Crippen molar-refractivity contribution in [1.29, 1.82) is 0 Å². The van der Waals surface area contributed by atoms with Crippen molar-refractivity contribution in [2.45, 2.75) is 24.8 Å². The number of carbonyl (C=O) groups is 2. The molecule has 20 heavy (non-hydrogen) atoms. The number of amides is 1. The van der Waals surface area contributed by atoms with E-state index in [-0.39, 0.29) is 12.3 Å². The van der Waals surface area contributed by atoms with Crippen molar-refractivity contribution >= 4 is 23.2 Å². The van der Waals surface area contributed by atoms with Gasteiger partial charge in [0.05, 0.1) is 17.0 Å². The Balaban J connectivity index is 1.64. The van der Waals surface area contributed by atoms with Crippen LogP contribution in [0.5, 0.6) is 0 Å². The van der Waals surface area contributed by atoms with E-state index in [0.717, 1.165) is 4.88 Å². The number of hydrogen-bond acceptors (Lipinski definition) is 5. The van der Waals surface area contributed by atoms with Crippen molar-refractivity contribution in [2.24, 2.45) is 0 Å². The molecule has 2 heterocycles. The van der Waals surface area contributed by atoms with Gasteiger partial charge in [-0.05, 0) is 24.3 Å². The molecular weight excluding hydrogens is 280 g/mol. The second-order valence-electron chi connectivity index (χ2n) is 4.73. The zero-order valence-electron chi connectivity index (χ0n) is 10.5. The van der Waals surface area contributed by atoms with Gasteiger partial charge in [-0.25, -0.2) is 9.78 Å². The van der Waals surface area contributed by atoms with Crippen LogP contribution in [0.4, 0.5) is 0 Å². The number of thiophene rings is 1. The van der Waals surface area contributed by atoms with E-state index in [1.807, 2.05) is 17.5 Å². The Morgan fingerprint density at radius 3 is 2.90 bits per heavy atom. The van der Waals surface area contributed by atoms with E-state index >= 15 is 0 Å². The number of hydrogen-bond donors (Lipinski definition) is 2. The average Bonchev–Trinajstić information content (AvgIpc) is 2.83. The molecule has 0 radical (unpaired) electrons. The van der Waals surface area contributed by atoms with Crippen LogP contribution in [0.3, 0.4) is 0 Å². The summed E-state index contributed by atoms with van der Waals surface area (Å²) in [4.78, 5) is 27.9. The number of oxazole rings is 1. The topological polar surface area (TPSA) is 92.4 Å². The Morgan fingerprint density at radius 2 is 2.30 bits per heavy atom. The summed E-state index contributed by atoms with van der Waals surface area (Å²) in [6, 6.07) is 3.77. The van der Waals surface area contributed by atoms with Crippen LogP contribution in [0.2, 0.25) is 0 Å². The van der Waals surface area contributed by atoms with Crippen LogP contribution in [0.15, 0.2) is 28.2 Å². The van der Waals surface area contributed by atoms with Gasteiger partial charge in [-0.15, -0.1) is 11.3 Å². The van der Waals surface area contributed by atoms with Crippen LogP contribution in [0, 0.1) is 0 Å². The molecule has 0 saturated heterocycles. The minimum atomic E-state index is -1.06. The predicted octanol–water partition coefficient (Wildman–Crippen LogP) is 1.68. The first-order chi connectivity index (χ1) is 9.59. The first-order valence-corrected chi connectivity index (χ1v) is 7.00. The molecule has 3 rings (SSSR count). The number of carboxylic acid groups (broad SMARTS) is 1. The molecule has 1 fully saturated rings. The number of carboxylic acids is 1. The van der Waals surface area contributed by atoms with Crippen LogP contribution in [-0.2, 0) is 16.0 Å². The molecule has 1 saturated carbocycles. The molecule has 0 bridgehead atoms. The molecular formula is C13H12N2O4S. The van der Waals surface area contributed by atoms with Crippen molar-refractivity contribution in [3.8, 4) is 10.8 Å². The van der Waals surface area contributed by atoms with Gasteiger partial charge < -0.3 is 14.8 Å². The fourth-order valence-corrected chi connectivity index (χ4v) is 2.55. The van der Waals surface area contributed by atoms with Crippen LogP contribution in [0.1, 0.15) is 18.5 Å². The molecule has 1 amide bonds. The van der Waals surface area contributed by atoms with Crippen molar-refractivity contribution in [3.05, 3.63) is 29.5 Å². The zero-order chi connectivity index (χ0) is 14.2. The lowest BCUT2D eigenvalue weighted by Gasteiger charge is -2.11. The highest BCUT2D eigenvalue weighted by Gasteiger charge is 2.51. The zero-order valence-corrected chi connectivity index (χ0v) is 11.3. The van der Waals surface area contributed by atoms with Crippen molar-refractivity contribution in [3.63, 3.8) is 0 Å². The summed E-state index contributed by atoms with van der Waals surface area (Å²) < 4.78 is 5.31. The minimum absolute atomic E-state index is 0.0178. The lowest BCUT2D eigenvalue weighted by Crippen LogP contribution is -2.43. The number of aromatic nitrogens is 1. The van der Waals surface area contributed by atoms with Gasteiger partial charge in [-0.2, -0.15) is 0 Å². The molecule has 2 aromatic heterocycles. The van der Waals surface area contributed by atoms with Crippen LogP contribution < -0.4 is 5.32 Å². The summed E-state index contributed by atoms with van der Waals surface area (Å²) in [5, 5.41) is 13.5. The second kappa shape index (κ2) is 4.75. The van der Waals surface area contributed by atoms with Crippen molar-refractivity contribution < 1.29 is 19.1 Å². The SMILES string of the molecule is O=C(Cc1coc(-c2cccs2)n1)NC1(C(=O)O)CC1. The monoisotopic (exact) mass is 292 g/mol. The van der Waals surface area contributed by atoms with Crippen molar-refractivity contribution in [2.75, 3.05) is 0 Å². The molecule has 0 unspecified atom stereocenters. The van der Waals surface area contributed by atoms with Gasteiger partial charge in [0.2, 0.25) is 11.8 Å². The number of aliphatic carboxylic acids is 1. The summed E-state index contributed by atoms with van der Waals surface area (Å²) in [6.45, 7) is 0. The van der Waals surface area contributed by atoms with Crippen LogP contribution >= 0.6 is 11.3 Å².